The van der Waals surface area contributed by atoms with E-state index in [0.717, 1.165) is 56.3 Å². The first kappa shape index (κ1) is 37.1. The molecule has 0 saturated carbocycles. The molecule has 0 bridgehead atoms. The molecule has 10 aromatic carbocycles. The molecular weight excluding hydrogens is 820 g/mol. The van der Waals surface area contributed by atoms with Crippen LogP contribution >= 0.6 is 0 Å². The number of hydrogen-bond acceptors (Lipinski definition) is 2. The molecule has 4 nitrogen and oxygen atoms in total. The number of ether oxygens (including phenoxy) is 2. The lowest BCUT2D eigenvalue weighted by atomic mass is 9.35. The second-order valence-electron chi connectivity index (χ2n) is 17.6. The molecule has 14 rings (SSSR count). The van der Waals surface area contributed by atoms with Crippen molar-refractivity contribution in [1.29, 1.82) is 0 Å². The van der Waals surface area contributed by atoms with Crippen molar-refractivity contribution in [3.8, 4) is 34.4 Å². The van der Waals surface area contributed by atoms with Crippen molar-refractivity contribution in [3.63, 3.8) is 0 Å². The van der Waals surface area contributed by atoms with E-state index in [4.69, 9.17) is 9.47 Å². The van der Waals surface area contributed by atoms with Crippen LogP contribution in [0.3, 0.4) is 0 Å². The highest BCUT2D eigenvalue weighted by Gasteiger charge is 2.46. The van der Waals surface area contributed by atoms with Crippen LogP contribution in [0.15, 0.2) is 237 Å². The summed E-state index contributed by atoms with van der Waals surface area (Å²) in [5.41, 5.74) is 10.4. The average Bonchev–Trinajstić information content (AvgIpc) is 3.90. The molecule has 2 aliphatic heterocycles. The normalized spacial score (nSPS) is 12.8. The molecule has 6 heteroatoms. The van der Waals surface area contributed by atoms with Crippen molar-refractivity contribution < 1.29 is 9.47 Å². The van der Waals surface area contributed by atoms with Crippen molar-refractivity contribution >= 4 is 95.5 Å². The lowest BCUT2D eigenvalue weighted by Crippen LogP contribution is -2.75. The van der Waals surface area contributed by atoms with E-state index in [9.17, 15) is 0 Å². The van der Waals surface area contributed by atoms with Gasteiger partial charge in [-0.15, -0.1) is 0 Å². The van der Waals surface area contributed by atoms with Gasteiger partial charge in [-0.05, 0) is 104 Å². The van der Waals surface area contributed by atoms with Gasteiger partial charge < -0.3 is 18.6 Å². The summed E-state index contributed by atoms with van der Waals surface area (Å²) >= 11 is 0. The van der Waals surface area contributed by atoms with E-state index in [1.54, 1.807) is 0 Å². The summed E-state index contributed by atoms with van der Waals surface area (Å²) in [6.07, 6.45) is 0. The summed E-state index contributed by atoms with van der Waals surface area (Å²) in [6.45, 7) is -0.00225. The van der Waals surface area contributed by atoms with Crippen LogP contribution in [0.1, 0.15) is 0 Å². The monoisotopic (exact) mass is 858 g/mol. The second kappa shape index (κ2) is 14.3. The number of rotatable bonds is 6. The van der Waals surface area contributed by atoms with Gasteiger partial charge in [0.15, 0.2) is 8.07 Å². The Hall–Kier alpha value is -8.32. The number of para-hydroxylation sites is 5. The molecule has 0 unspecified atom stereocenters. The Kier molecular flexibility index (Phi) is 8.06. The molecule has 0 radical (unpaired) electrons. The Bertz CT molecular complexity index is 3750. The van der Waals surface area contributed by atoms with Crippen molar-refractivity contribution in [3.05, 3.63) is 237 Å². The molecule has 0 amide bonds. The Morgan fingerprint density at radius 2 is 0.742 bits per heavy atom. The van der Waals surface area contributed by atoms with Crippen molar-refractivity contribution in [2.45, 2.75) is 0 Å². The molecule has 12 aromatic rings. The van der Waals surface area contributed by atoms with E-state index in [1.165, 1.54) is 58.8 Å². The summed E-state index contributed by atoms with van der Waals surface area (Å²) < 4.78 is 18.8. The minimum absolute atomic E-state index is 0.00225. The second-order valence-corrected chi connectivity index (χ2v) is 21.4. The van der Waals surface area contributed by atoms with Crippen molar-refractivity contribution in [1.82, 2.24) is 9.13 Å². The zero-order valence-electron chi connectivity index (χ0n) is 35.8. The largest absolute Gasteiger partial charge is 0.458 e. The fraction of sp³-hybridized carbons (Fsp3) is 0. The molecule has 0 saturated heterocycles. The maximum absolute atomic E-state index is 6.98. The lowest BCUT2D eigenvalue weighted by Gasteiger charge is -2.38. The molecule has 0 fully saturated rings. The summed E-state index contributed by atoms with van der Waals surface area (Å²) in [5, 5.41) is 9.96. The number of hydrogen-bond donors (Lipinski definition) is 0. The number of aromatic nitrogens is 2. The van der Waals surface area contributed by atoms with Crippen LogP contribution in [0.2, 0.25) is 0 Å². The molecule has 66 heavy (non-hydrogen) atoms. The maximum atomic E-state index is 6.98. The predicted octanol–water partition coefficient (Wildman–Crippen LogP) is 9.99. The summed E-state index contributed by atoms with van der Waals surface area (Å²) in [6, 6.07) is 86.5. The van der Waals surface area contributed by atoms with Gasteiger partial charge in [-0.1, -0.05) is 164 Å². The van der Waals surface area contributed by atoms with Crippen LogP contribution in [-0.2, 0) is 0 Å². The average molecular weight is 859 g/mol. The Morgan fingerprint density at radius 1 is 0.303 bits per heavy atom. The van der Waals surface area contributed by atoms with E-state index >= 15 is 0 Å². The highest BCUT2D eigenvalue weighted by Crippen LogP contribution is 2.38. The zero-order chi connectivity index (χ0) is 43.3. The summed E-state index contributed by atoms with van der Waals surface area (Å²) in [7, 11) is -3.14. The predicted molar refractivity (Wildman–Crippen MR) is 276 cm³/mol. The molecule has 308 valence electrons. The molecule has 4 heterocycles. The molecule has 2 aliphatic rings. The lowest BCUT2D eigenvalue weighted by molar-refractivity contribution is 0.465. The highest BCUT2D eigenvalue weighted by molar-refractivity contribution is 7.20. The first-order valence-electron chi connectivity index (χ1n) is 22.7. The molecule has 0 aliphatic carbocycles. The van der Waals surface area contributed by atoms with Gasteiger partial charge in [0.2, 0.25) is 0 Å². The summed E-state index contributed by atoms with van der Waals surface area (Å²) in [4.78, 5) is 0. The van der Waals surface area contributed by atoms with Gasteiger partial charge in [0.25, 0.3) is 6.71 Å². The smallest absolute Gasteiger partial charge is 0.260 e. The fourth-order valence-corrected chi connectivity index (χ4v) is 16.2. The van der Waals surface area contributed by atoms with Gasteiger partial charge in [0.05, 0.1) is 22.1 Å². The quantitative estimate of drug-likeness (QED) is 0.123. The standard InChI is InChI=1S/C60H39BN2O2Si/c1-3-19-42(20-4-1)66(43-21-5-2-6-22-43,45-38-58-60-59(39-45)65-57-33-16-11-28-51(57)61(60)50-27-10-15-32-56(50)64-58)44-23-17-18-40(36-44)62-54-31-14-9-26-48(54)49-37-41(34-35-55(49)62)63-52-29-12-7-24-46(52)47-25-8-13-30-53(47)63/h1-39H. The number of nitrogens with zero attached hydrogens (tertiary/aromatic N) is 2. The third kappa shape index (κ3) is 5.27. The zero-order valence-corrected chi connectivity index (χ0v) is 36.8. The third-order valence-electron chi connectivity index (χ3n) is 14.2. The van der Waals surface area contributed by atoms with Crippen LogP contribution < -0.4 is 46.6 Å². The van der Waals surface area contributed by atoms with Gasteiger partial charge in [-0.3, -0.25) is 0 Å². The van der Waals surface area contributed by atoms with Gasteiger partial charge in [-0.2, -0.15) is 0 Å². The van der Waals surface area contributed by atoms with Crippen LogP contribution in [-0.4, -0.2) is 23.9 Å². The molecule has 0 atom stereocenters. The Morgan fingerprint density at radius 3 is 1.30 bits per heavy atom. The first-order valence-corrected chi connectivity index (χ1v) is 24.7. The third-order valence-corrected chi connectivity index (χ3v) is 18.9. The van der Waals surface area contributed by atoms with Crippen molar-refractivity contribution in [2.24, 2.45) is 0 Å². The van der Waals surface area contributed by atoms with Gasteiger partial charge in [0, 0.05) is 38.4 Å². The van der Waals surface area contributed by atoms with E-state index in [-0.39, 0.29) is 6.71 Å². The van der Waals surface area contributed by atoms with E-state index in [1.807, 2.05) is 0 Å². The molecule has 2 aromatic heterocycles. The van der Waals surface area contributed by atoms with Gasteiger partial charge in [0.1, 0.15) is 23.0 Å². The van der Waals surface area contributed by atoms with Crippen molar-refractivity contribution in [2.75, 3.05) is 0 Å². The topological polar surface area (TPSA) is 28.3 Å². The number of benzene rings is 10. The minimum Gasteiger partial charge on any atom is -0.458 e. The number of fused-ring (bicyclic) bond motifs is 10. The van der Waals surface area contributed by atoms with Crippen LogP contribution in [0.25, 0.3) is 55.0 Å². The van der Waals surface area contributed by atoms with E-state index in [2.05, 4.69) is 246 Å². The first-order chi connectivity index (χ1) is 32.7. The van der Waals surface area contributed by atoms with Crippen LogP contribution in [0, 0.1) is 0 Å². The van der Waals surface area contributed by atoms with E-state index in [0.29, 0.717) is 0 Å². The molecular formula is C60H39BN2O2Si. The van der Waals surface area contributed by atoms with E-state index < -0.39 is 8.07 Å². The van der Waals surface area contributed by atoms with Gasteiger partial charge >= 0.3 is 0 Å². The highest BCUT2D eigenvalue weighted by atomic mass is 28.3. The Balaban J connectivity index is 1.01. The molecule has 0 N–H and O–H groups in total. The minimum atomic E-state index is -3.14. The molecule has 0 spiro atoms. The van der Waals surface area contributed by atoms with Crippen LogP contribution in [0.5, 0.6) is 23.0 Å². The van der Waals surface area contributed by atoms with Gasteiger partial charge in [-0.25, -0.2) is 0 Å². The Labute approximate surface area is 383 Å². The summed E-state index contributed by atoms with van der Waals surface area (Å²) in [5.74, 6) is 3.47. The fourth-order valence-electron chi connectivity index (χ4n) is 11.4. The maximum Gasteiger partial charge on any atom is 0.260 e. The SMILES string of the molecule is c1ccc([Si](c2ccccc2)(c2cccc(-n3c4ccccc4c4cc(-n5c6ccccc6c6ccccc65)ccc43)c2)c2cc3c4c(c2)Oc2ccccc2B4c2ccccc2O3)cc1. The van der Waals surface area contributed by atoms with Crippen LogP contribution in [0.4, 0.5) is 0 Å².